The minimum atomic E-state index is -0.145. The maximum absolute atomic E-state index is 12.4. The highest BCUT2D eigenvalue weighted by Crippen LogP contribution is 2.11. The summed E-state index contributed by atoms with van der Waals surface area (Å²) in [6.45, 7) is 6.14. The van der Waals surface area contributed by atoms with Crippen molar-refractivity contribution in [3.8, 4) is 6.07 Å². The molecule has 1 heterocycles. The standard InChI is InChI=1S/C23H26N4O2/c1-18-3-2-4-21(15-18)23(29)25-10-9-22(28)27-13-11-26(12-14-27)17-20-7-5-19(16-24)6-8-20/h2-8,15H,9-14,17H2,1H3,(H,25,29). The largest absolute Gasteiger partial charge is 0.352 e. The van der Waals surface area contributed by atoms with Crippen LogP contribution in [-0.4, -0.2) is 54.3 Å². The second kappa shape index (κ2) is 9.85. The highest BCUT2D eigenvalue weighted by atomic mass is 16.2. The Kier molecular flexibility index (Phi) is 6.99. The SMILES string of the molecule is Cc1cccc(C(=O)NCCC(=O)N2CCN(Cc3ccc(C#N)cc3)CC2)c1. The number of nitriles is 1. The summed E-state index contributed by atoms with van der Waals surface area (Å²) in [6.07, 6.45) is 0.313. The molecular weight excluding hydrogens is 364 g/mol. The van der Waals surface area contributed by atoms with Gasteiger partial charge in [0, 0.05) is 51.3 Å². The van der Waals surface area contributed by atoms with Crippen LogP contribution in [0.3, 0.4) is 0 Å². The molecule has 6 nitrogen and oxygen atoms in total. The van der Waals surface area contributed by atoms with E-state index in [1.165, 1.54) is 5.56 Å². The van der Waals surface area contributed by atoms with Crippen LogP contribution in [0.4, 0.5) is 0 Å². The van der Waals surface area contributed by atoms with Crippen molar-refractivity contribution in [2.75, 3.05) is 32.7 Å². The zero-order chi connectivity index (χ0) is 20.6. The summed E-state index contributed by atoms with van der Waals surface area (Å²) in [4.78, 5) is 28.8. The molecule has 150 valence electrons. The summed E-state index contributed by atoms with van der Waals surface area (Å²) >= 11 is 0. The number of hydrogen-bond donors (Lipinski definition) is 1. The molecule has 1 saturated heterocycles. The Hall–Kier alpha value is -3.17. The molecule has 0 saturated carbocycles. The van der Waals surface area contributed by atoms with Crippen LogP contribution in [-0.2, 0) is 11.3 Å². The second-order valence-corrected chi connectivity index (χ2v) is 7.34. The van der Waals surface area contributed by atoms with Crippen molar-refractivity contribution >= 4 is 11.8 Å². The number of piperazine rings is 1. The summed E-state index contributed by atoms with van der Waals surface area (Å²) in [5, 5.41) is 11.7. The second-order valence-electron chi connectivity index (χ2n) is 7.34. The van der Waals surface area contributed by atoms with E-state index in [1.54, 1.807) is 6.07 Å². The fourth-order valence-electron chi connectivity index (χ4n) is 3.43. The first kappa shape index (κ1) is 20.6. The van der Waals surface area contributed by atoms with Gasteiger partial charge in [-0.3, -0.25) is 14.5 Å². The van der Waals surface area contributed by atoms with E-state index < -0.39 is 0 Å². The predicted molar refractivity (Wildman–Crippen MR) is 111 cm³/mol. The van der Waals surface area contributed by atoms with Crippen LogP contribution in [0.1, 0.15) is 33.5 Å². The van der Waals surface area contributed by atoms with Crippen molar-refractivity contribution in [2.45, 2.75) is 19.9 Å². The Bertz CT molecular complexity index is 894. The van der Waals surface area contributed by atoms with Gasteiger partial charge in [0.1, 0.15) is 0 Å². The Morgan fingerprint density at radius 2 is 1.79 bits per heavy atom. The number of carbonyl (C=O) groups excluding carboxylic acids is 2. The first-order chi connectivity index (χ1) is 14.0. The lowest BCUT2D eigenvalue weighted by atomic mass is 10.1. The zero-order valence-electron chi connectivity index (χ0n) is 16.7. The first-order valence-corrected chi connectivity index (χ1v) is 9.89. The topological polar surface area (TPSA) is 76.4 Å². The predicted octanol–water partition coefficient (Wildman–Crippen LogP) is 2.33. The number of nitrogens with one attached hydrogen (secondary N) is 1. The molecular formula is C23H26N4O2. The molecule has 6 heteroatoms. The van der Waals surface area contributed by atoms with Crippen molar-refractivity contribution < 1.29 is 9.59 Å². The van der Waals surface area contributed by atoms with E-state index in [2.05, 4.69) is 16.3 Å². The third-order valence-electron chi connectivity index (χ3n) is 5.12. The number of aryl methyl sites for hydroxylation is 1. The molecule has 29 heavy (non-hydrogen) atoms. The van der Waals surface area contributed by atoms with Crippen molar-refractivity contribution in [3.63, 3.8) is 0 Å². The van der Waals surface area contributed by atoms with E-state index in [1.807, 2.05) is 54.3 Å². The Morgan fingerprint density at radius 3 is 2.45 bits per heavy atom. The van der Waals surface area contributed by atoms with Gasteiger partial charge in [-0.1, -0.05) is 29.8 Å². The summed E-state index contributed by atoms with van der Waals surface area (Å²) in [6, 6.07) is 17.2. The molecule has 1 fully saturated rings. The van der Waals surface area contributed by atoms with Crippen LogP contribution in [0.5, 0.6) is 0 Å². The van der Waals surface area contributed by atoms with E-state index in [0.717, 1.165) is 25.2 Å². The van der Waals surface area contributed by atoms with Crippen LogP contribution in [0.25, 0.3) is 0 Å². The Labute approximate surface area is 171 Å². The molecule has 0 bridgehead atoms. The van der Waals surface area contributed by atoms with E-state index in [4.69, 9.17) is 5.26 Å². The molecule has 1 aliphatic rings. The number of amides is 2. The van der Waals surface area contributed by atoms with Gasteiger partial charge in [0.05, 0.1) is 11.6 Å². The minimum Gasteiger partial charge on any atom is -0.352 e. The van der Waals surface area contributed by atoms with Crippen LogP contribution >= 0.6 is 0 Å². The van der Waals surface area contributed by atoms with Gasteiger partial charge in [-0.15, -0.1) is 0 Å². The van der Waals surface area contributed by atoms with Gasteiger partial charge in [-0.25, -0.2) is 0 Å². The lowest BCUT2D eigenvalue weighted by Crippen LogP contribution is -2.48. The van der Waals surface area contributed by atoms with Gasteiger partial charge in [0.2, 0.25) is 5.91 Å². The molecule has 1 aliphatic heterocycles. The third-order valence-corrected chi connectivity index (χ3v) is 5.12. The van der Waals surface area contributed by atoms with Crippen LogP contribution in [0, 0.1) is 18.3 Å². The smallest absolute Gasteiger partial charge is 0.251 e. The average Bonchev–Trinajstić information content (AvgIpc) is 2.74. The van der Waals surface area contributed by atoms with Gasteiger partial charge in [0.15, 0.2) is 0 Å². The zero-order valence-corrected chi connectivity index (χ0v) is 16.7. The van der Waals surface area contributed by atoms with Crippen molar-refractivity contribution in [1.82, 2.24) is 15.1 Å². The molecule has 0 spiro atoms. The van der Waals surface area contributed by atoms with E-state index >= 15 is 0 Å². The monoisotopic (exact) mass is 390 g/mol. The Balaban J connectivity index is 1.38. The van der Waals surface area contributed by atoms with Gasteiger partial charge in [0.25, 0.3) is 5.91 Å². The Morgan fingerprint density at radius 1 is 1.07 bits per heavy atom. The average molecular weight is 390 g/mol. The van der Waals surface area contributed by atoms with Crippen molar-refractivity contribution in [2.24, 2.45) is 0 Å². The molecule has 3 rings (SSSR count). The van der Waals surface area contributed by atoms with Crippen molar-refractivity contribution in [3.05, 3.63) is 70.8 Å². The molecule has 2 aromatic carbocycles. The fraction of sp³-hybridized carbons (Fsp3) is 0.348. The highest BCUT2D eigenvalue weighted by molar-refractivity contribution is 5.94. The van der Waals surface area contributed by atoms with Crippen molar-refractivity contribution in [1.29, 1.82) is 5.26 Å². The molecule has 0 radical (unpaired) electrons. The lowest BCUT2D eigenvalue weighted by Gasteiger charge is -2.34. The first-order valence-electron chi connectivity index (χ1n) is 9.89. The van der Waals surface area contributed by atoms with E-state index in [-0.39, 0.29) is 11.8 Å². The number of hydrogen-bond acceptors (Lipinski definition) is 4. The molecule has 0 aliphatic carbocycles. The van der Waals surface area contributed by atoms with Gasteiger partial charge in [-0.05, 0) is 36.8 Å². The van der Waals surface area contributed by atoms with Crippen LogP contribution in [0.15, 0.2) is 48.5 Å². The summed E-state index contributed by atoms with van der Waals surface area (Å²) in [5.41, 5.74) is 3.49. The summed E-state index contributed by atoms with van der Waals surface area (Å²) < 4.78 is 0. The number of carbonyl (C=O) groups is 2. The minimum absolute atomic E-state index is 0.0764. The summed E-state index contributed by atoms with van der Waals surface area (Å²) in [5.74, 6) is -0.0682. The van der Waals surface area contributed by atoms with E-state index in [9.17, 15) is 9.59 Å². The molecule has 2 aromatic rings. The molecule has 2 amide bonds. The fourth-order valence-corrected chi connectivity index (χ4v) is 3.43. The molecule has 0 unspecified atom stereocenters. The lowest BCUT2D eigenvalue weighted by molar-refractivity contribution is -0.132. The molecule has 0 aromatic heterocycles. The summed E-state index contributed by atoms with van der Waals surface area (Å²) in [7, 11) is 0. The number of rotatable bonds is 6. The normalized spacial score (nSPS) is 14.3. The maximum Gasteiger partial charge on any atom is 0.251 e. The molecule has 1 N–H and O–H groups in total. The third kappa shape index (κ3) is 5.90. The number of benzene rings is 2. The van der Waals surface area contributed by atoms with Gasteiger partial charge >= 0.3 is 0 Å². The molecule has 0 atom stereocenters. The van der Waals surface area contributed by atoms with Gasteiger partial charge in [-0.2, -0.15) is 5.26 Å². The quantitative estimate of drug-likeness (QED) is 0.821. The maximum atomic E-state index is 12.4. The van der Waals surface area contributed by atoms with Gasteiger partial charge < -0.3 is 10.2 Å². The highest BCUT2D eigenvalue weighted by Gasteiger charge is 2.21. The van der Waals surface area contributed by atoms with Crippen LogP contribution in [0.2, 0.25) is 0 Å². The van der Waals surface area contributed by atoms with E-state index in [0.29, 0.717) is 37.2 Å². The number of nitrogens with zero attached hydrogens (tertiary/aromatic N) is 3. The van der Waals surface area contributed by atoms with Crippen LogP contribution < -0.4 is 5.32 Å².